The molecule has 2 N–H and O–H groups in total. The van der Waals surface area contributed by atoms with Crippen LogP contribution in [-0.4, -0.2) is 36.8 Å². The van der Waals surface area contributed by atoms with Crippen molar-refractivity contribution in [3.05, 3.63) is 0 Å². The third kappa shape index (κ3) is 3.87. The van der Waals surface area contributed by atoms with E-state index in [1.54, 1.807) is 0 Å². The Balaban J connectivity index is 2.39. The average molecular weight is 213 g/mol. The molecule has 86 valence electrons. The normalized spacial score (nSPS) is 23.9. The molecular weight excluding hydrogens is 194 g/mol. The minimum atomic E-state index is -0.266. The second kappa shape index (κ2) is 5.70. The van der Waals surface area contributed by atoms with Crippen LogP contribution in [0.3, 0.4) is 0 Å². The van der Waals surface area contributed by atoms with E-state index in [9.17, 15) is 4.79 Å². The van der Waals surface area contributed by atoms with Crippen LogP contribution in [0.15, 0.2) is 5.16 Å². The predicted octanol–water partition coefficient (Wildman–Crippen LogP) is 0.554. The van der Waals surface area contributed by atoms with Gasteiger partial charge in [-0.25, -0.2) is 4.79 Å². The van der Waals surface area contributed by atoms with Gasteiger partial charge in [-0.05, 0) is 26.4 Å². The van der Waals surface area contributed by atoms with Crippen LogP contribution in [0.1, 0.15) is 26.2 Å². The standard InChI is InChI=1S/C10H19N3O2/c1-3-9(11)12-15-10(14)8-5-4-6-13(2)7-8/h8H,3-7H2,1-2H3,(H2,11,12). The predicted molar refractivity (Wildman–Crippen MR) is 58.2 cm³/mol. The molecule has 0 radical (unpaired) electrons. The Kier molecular flexibility index (Phi) is 4.55. The summed E-state index contributed by atoms with van der Waals surface area (Å²) in [5.41, 5.74) is 5.44. The number of nitrogens with two attached hydrogens (primary N) is 1. The van der Waals surface area contributed by atoms with Crippen LogP contribution in [0.2, 0.25) is 0 Å². The second-order valence-corrected chi connectivity index (χ2v) is 3.95. The van der Waals surface area contributed by atoms with E-state index in [2.05, 4.69) is 10.1 Å². The summed E-state index contributed by atoms with van der Waals surface area (Å²) in [5, 5.41) is 3.57. The third-order valence-electron chi connectivity index (χ3n) is 2.57. The van der Waals surface area contributed by atoms with Gasteiger partial charge in [0.05, 0.1) is 5.92 Å². The van der Waals surface area contributed by atoms with Gasteiger partial charge in [-0.15, -0.1) is 0 Å². The van der Waals surface area contributed by atoms with Gasteiger partial charge in [-0.3, -0.25) is 0 Å². The van der Waals surface area contributed by atoms with Crippen molar-refractivity contribution in [2.24, 2.45) is 16.8 Å². The highest BCUT2D eigenvalue weighted by Crippen LogP contribution is 2.16. The third-order valence-corrected chi connectivity index (χ3v) is 2.57. The number of carbonyl (C=O) groups is 1. The van der Waals surface area contributed by atoms with E-state index in [0.29, 0.717) is 12.3 Å². The van der Waals surface area contributed by atoms with E-state index in [0.717, 1.165) is 25.9 Å². The lowest BCUT2D eigenvalue weighted by molar-refractivity contribution is -0.150. The van der Waals surface area contributed by atoms with Gasteiger partial charge in [-0.1, -0.05) is 12.1 Å². The van der Waals surface area contributed by atoms with Gasteiger partial charge in [0, 0.05) is 13.0 Å². The summed E-state index contributed by atoms with van der Waals surface area (Å²) in [6, 6.07) is 0. The summed E-state index contributed by atoms with van der Waals surface area (Å²) >= 11 is 0. The van der Waals surface area contributed by atoms with Crippen molar-refractivity contribution in [3.63, 3.8) is 0 Å². The van der Waals surface area contributed by atoms with Crippen LogP contribution in [0.5, 0.6) is 0 Å². The number of piperidine rings is 1. The minimum absolute atomic E-state index is 0.0582. The maximum absolute atomic E-state index is 11.6. The number of carbonyl (C=O) groups excluding carboxylic acids is 1. The number of likely N-dealkylation sites (tertiary alicyclic amines) is 1. The molecule has 1 rings (SSSR count). The number of rotatable bonds is 3. The van der Waals surface area contributed by atoms with Crippen molar-refractivity contribution in [2.45, 2.75) is 26.2 Å². The van der Waals surface area contributed by atoms with Crippen molar-refractivity contribution in [1.29, 1.82) is 0 Å². The topological polar surface area (TPSA) is 67.9 Å². The quantitative estimate of drug-likeness (QED) is 0.322. The minimum Gasteiger partial charge on any atom is -0.384 e. The largest absolute Gasteiger partial charge is 0.384 e. The molecule has 0 aromatic heterocycles. The van der Waals surface area contributed by atoms with Gasteiger partial charge in [0.25, 0.3) is 0 Å². The first-order chi connectivity index (χ1) is 7.13. The molecular formula is C10H19N3O2. The summed E-state index contributed by atoms with van der Waals surface area (Å²) in [6.07, 6.45) is 2.51. The molecule has 1 atom stereocenters. The van der Waals surface area contributed by atoms with Gasteiger partial charge >= 0.3 is 5.97 Å². The highest BCUT2D eigenvalue weighted by atomic mass is 16.7. The monoisotopic (exact) mass is 213 g/mol. The van der Waals surface area contributed by atoms with E-state index in [4.69, 9.17) is 10.6 Å². The summed E-state index contributed by atoms with van der Waals surface area (Å²) in [5.74, 6) is 0.0302. The number of oxime groups is 1. The Morgan fingerprint density at radius 2 is 2.40 bits per heavy atom. The maximum Gasteiger partial charge on any atom is 0.339 e. The van der Waals surface area contributed by atoms with Gasteiger partial charge in [0.1, 0.15) is 5.84 Å². The Labute approximate surface area is 90.2 Å². The fourth-order valence-electron chi connectivity index (χ4n) is 1.60. The molecule has 1 aliphatic rings. The number of amidine groups is 1. The molecule has 1 fully saturated rings. The molecule has 0 aromatic rings. The fourth-order valence-corrected chi connectivity index (χ4v) is 1.60. The van der Waals surface area contributed by atoms with Gasteiger partial charge in [-0.2, -0.15) is 0 Å². The van der Waals surface area contributed by atoms with E-state index in [1.165, 1.54) is 0 Å². The molecule has 0 bridgehead atoms. The van der Waals surface area contributed by atoms with Crippen LogP contribution < -0.4 is 5.73 Å². The molecule has 0 amide bonds. The van der Waals surface area contributed by atoms with Crippen molar-refractivity contribution in [3.8, 4) is 0 Å². The molecule has 0 aliphatic carbocycles. The summed E-state index contributed by atoms with van der Waals surface area (Å²) in [7, 11) is 2.00. The van der Waals surface area contributed by atoms with E-state index >= 15 is 0 Å². The number of hydrogen-bond acceptors (Lipinski definition) is 4. The summed E-state index contributed by atoms with van der Waals surface area (Å²) < 4.78 is 0. The van der Waals surface area contributed by atoms with E-state index in [1.807, 2.05) is 14.0 Å². The molecule has 1 aliphatic heterocycles. The Morgan fingerprint density at radius 1 is 1.67 bits per heavy atom. The first kappa shape index (κ1) is 12.0. The lowest BCUT2D eigenvalue weighted by Gasteiger charge is -2.27. The lowest BCUT2D eigenvalue weighted by atomic mass is 9.99. The van der Waals surface area contributed by atoms with Crippen molar-refractivity contribution in [2.75, 3.05) is 20.1 Å². The Bertz CT molecular complexity index is 253. The van der Waals surface area contributed by atoms with Crippen LogP contribution >= 0.6 is 0 Å². The summed E-state index contributed by atoms with van der Waals surface area (Å²) in [6.45, 7) is 3.66. The van der Waals surface area contributed by atoms with E-state index in [-0.39, 0.29) is 11.9 Å². The average Bonchev–Trinajstić information content (AvgIpc) is 2.25. The zero-order chi connectivity index (χ0) is 11.3. The van der Waals surface area contributed by atoms with Crippen LogP contribution in [0.25, 0.3) is 0 Å². The highest BCUT2D eigenvalue weighted by molar-refractivity contribution is 5.81. The van der Waals surface area contributed by atoms with Crippen LogP contribution in [0.4, 0.5) is 0 Å². The fraction of sp³-hybridized carbons (Fsp3) is 0.800. The molecule has 0 saturated carbocycles. The van der Waals surface area contributed by atoms with Crippen LogP contribution in [0, 0.1) is 5.92 Å². The molecule has 5 nitrogen and oxygen atoms in total. The Morgan fingerprint density at radius 3 is 3.00 bits per heavy atom. The summed E-state index contributed by atoms with van der Waals surface area (Å²) in [4.78, 5) is 18.5. The second-order valence-electron chi connectivity index (χ2n) is 3.95. The van der Waals surface area contributed by atoms with Crippen molar-refractivity contribution >= 4 is 11.8 Å². The Hall–Kier alpha value is -1.10. The highest BCUT2D eigenvalue weighted by Gasteiger charge is 2.25. The molecule has 1 heterocycles. The molecule has 5 heteroatoms. The molecule has 0 spiro atoms. The molecule has 1 unspecified atom stereocenters. The number of hydrogen-bond donors (Lipinski definition) is 1. The lowest BCUT2D eigenvalue weighted by Crippen LogP contribution is -2.36. The number of nitrogens with zero attached hydrogens (tertiary/aromatic N) is 2. The first-order valence-corrected chi connectivity index (χ1v) is 5.35. The van der Waals surface area contributed by atoms with Gasteiger partial charge in [0.15, 0.2) is 0 Å². The van der Waals surface area contributed by atoms with Gasteiger partial charge < -0.3 is 15.5 Å². The van der Waals surface area contributed by atoms with E-state index < -0.39 is 0 Å². The smallest absolute Gasteiger partial charge is 0.339 e. The molecule has 15 heavy (non-hydrogen) atoms. The van der Waals surface area contributed by atoms with Crippen LogP contribution in [-0.2, 0) is 9.63 Å². The van der Waals surface area contributed by atoms with Crippen molar-refractivity contribution < 1.29 is 9.63 Å². The zero-order valence-corrected chi connectivity index (χ0v) is 9.40. The SMILES string of the molecule is CC/C(N)=N\OC(=O)C1CCCN(C)C1. The maximum atomic E-state index is 11.6. The van der Waals surface area contributed by atoms with Crippen molar-refractivity contribution in [1.82, 2.24) is 4.90 Å². The zero-order valence-electron chi connectivity index (χ0n) is 9.40. The first-order valence-electron chi connectivity index (χ1n) is 5.35. The molecule has 0 aromatic carbocycles. The molecule has 1 saturated heterocycles. The van der Waals surface area contributed by atoms with Gasteiger partial charge in [0.2, 0.25) is 0 Å².